The van der Waals surface area contributed by atoms with Gasteiger partial charge >= 0.3 is 0 Å². The standard InChI is InChI=1S/C14H15BrClN3/c1-14(2,3)9-4-6-10(7-5-9)18-12-11(15)8-17-13(16)19-12/h4-8H,1-3H3,(H,17,18,19). The lowest BCUT2D eigenvalue weighted by atomic mass is 9.87. The minimum Gasteiger partial charge on any atom is -0.339 e. The molecule has 0 unspecified atom stereocenters. The Balaban J connectivity index is 2.22. The predicted molar refractivity (Wildman–Crippen MR) is 83.2 cm³/mol. The molecule has 0 fully saturated rings. The van der Waals surface area contributed by atoms with Gasteiger partial charge in [-0.15, -0.1) is 0 Å². The smallest absolute Gasteiger partial charge is 0.224 e. The van der Waals surface area contributed by atoms with E-state index in [0.717, 1.165) is 10.2 Å². The van der Waals surface area contributed by atoms with Gasteiger partial charge in [-0.3, -0.25) is 0 Å². The molecule has 100 valence electrons. The molecular formula is C14H15BrClN3. The van der Waals surface area contributed by atoms with Crippen LogP contribution in [0.2, 0.25) is 5.28 Å². The molecule has 0 saturated carbocycles. The number of benzene rings is 1. The maximum atomic E-state index is 5.79. The van der Waals surface area contributed by atoms with Gasteiger partial charge in [-0.2, -0.15) is 4.98 Å². The van der Waals surface area contributed by atoms with Crippen LogP contribution in [0.3, 0.4) is 0 Å². The van der Waals surface area contributed by atoms with E-state index >= 15 is 0 Å². The van der Waals surface area contributed by atoms with Crippen molar-refractivity contribution in [1.82, 2.24) is 9.97 Å². The number of aromatic nitrogens is 2. The Morgan fingerprint density at radius 3 is 2.37 bits per heavy atom. The van der Waals surface area contributed by atoms with Gasteiger partial charge in [-0.05, 0) is 50.6 Å². The van der Waals surface area contributed by atoms with Gasteiger partial charge in [0.05, 0.1) is 4.47 Å². The topological polar surface area (TPSA) is 37.8 Å². The zero-order valence-electron chi connectivity index (χ0n) is 11.0. The third-order valence-corrected chi connectivity index (χ3v) is 3.49. The monoisotopic (exact) mass is 339 g/mol. The second kappa shape index (κ2) is 5.47. The SMILES string of the molecule is CC(C)(C)c1ccc(Nc2nc(Cl)ncc2Br)cc1. The van der Waals surface area contributed by atoms with Crippen LogP contribution < -0.4 is 5.32 Å². The van der Waals surface area contributed by atoms with Gasteiger partial charge in [-0.1, -0.05) is 32.9 Å². The Hall–Kier alpha value is -1.13. The zero-order chi connectivity index (χ0) is 14.0. The number of halogens is 2. The molecule has 0 aliphatic carbocycles. The van der Waals surface area contributed by atoms with E-state index in [1.807, 2.05) is 12.1 Å². The van der Waals surface area contributed by atoms with Gasteiger partial charge in [0.15, 0.2) is 0 Å². The Kier molecular flexibility index (Phi) is 4.11. The summed E-state index contributed by atoms with van der Waals surface area (Å²) in [5.41, 5.74) is 2.40. The Morgan fingerprint density at radius 1 is 1.16 bits per heavy atom. The van der Waals surface area contributed by atoms with Crippen molar-refractivity contribution in [3.05, 3.63) is 45.8 Å². The molecule has 0 aliphatic rings. The highest BCUT2D eigenvalue weighted by Gasteiger charge is 2.13. The molecule has 0 aliphatic heterocycles. The summed E-state index contributed by atoms with van der Waals surface area (Å²) in [6, 6.07) is 8.28. The number of nitrogens with zero attached hydrogens (tertiary/aromatic N) is 2. The van der Waals surface area contributed by atoms with Crippen LogP contribution in [0.4, 0.5) is 11.5 Å². The van der Waals surface area contributed by atoms with Crippen LogP contribution >= 0.6 is 27.5 Å². The summed E-state index contributed by atoms with van der Waals surface area (Å²) in [6.45, 7) is 6.57. The number of anilines is 2. The highest BCUT2D eigenvalue weighted by molar-refractivity contribution is 9.10. The largest absolute Gasteiger partial charge is 0.339 e. The van der Waals surface area contributed by atoms with Crippen molar-refractivity contribution in [2.75, 3.05) is 5.32 Å². The average molecular weight is 341 g/mol. The maximum Gasteiger partial charge on any atom is 0.224 e. The molecule has 19 heavy (non-hydrogen) atoms. The first-order valence-electron chi connectivity index (χ1n) is 5.92. The van der Waals surface area contributed by atoms with E-state index in [4.69, 9.17) is 11.6 Å². The maximum absolute atomic E-state index is 5.79. The molecule has 2 rings (SSSR count). The fraction of sp³-hybridized carbons (Fsp3) is 0.286. The van der Waals surface area contributed by atoms with Crippen LogP contribution in [-0.4, -0.2) is 9.97 Å². The first-order chi connectivity index (χ1) is 8.86. The summed E-state index contributed by atoms with van der Waals surface area (Å²) < 4.78 is 0.775. The normalized spacial score (nSPS) is 11.4. The molecule has 5 heteroatoms. The van der Waals surface area contributed by atoms with E-state index in [2.05, 4.69) is 64.1 Å². The van der Waals surface area contributed by atoms with Gasteiger partial charge in [-0.25, -0.2) is 4.98 Å². The van der Waals surface area contributed by atoms with E-state index in [-0.39, 0.29) is 10.7 Å². The van der Waals surface area contributed by atoms with Crippen LogP contribution in [0.5, 0.6) is 0 Å². The quantitative estimate of drug-likeness (QED) is 0.787. The molecule has 0 radical (unpaired) electrons. The number of rotatable bonds is 2. The van der Waals surface area contributed by atoms with Crippen molar-refractivity contribution in [3.8, 4) is 0 Å². The van der Waals surface area contributed by atoms with Crippen molar-refractivity contribution < 1.29 is 0 Å². The summed E-state index contributed by atoms with van der Waals surface area (Å²) in [4.78, 5) is 8.03. The third kappa shape index (κ3) is 3.67. The summed E-state index contributed by atoms with van der Waals surface area (Å²) in [5, 5.41) is 3.43. The molecule has 0 saturated heterocycles. The van der Waals surface area contributed by atoms with Gasteiger partial charge in [0.2, 0.25) is 5.28 Å². The summed E-state index contributed by atoms with van der Waals surface area (Å²) >= 11 is 9.17. The minimum atomic E-state index is 0.150. The van der Waals surface area contributed by atoms with Crippen molar-refractivity contribution >= 4 is 39.0 Å². The molecule has 0 atom stereocenters. The number of hydrogen-bond acceptors (Lipinski definition) is 3. The molecule has 0 amide bonds. The Morgan fingerprint density at radius 2 is 1.79 bits per heavy atom. The van der Waals surface area contributed by atoms with E-state index < -0.39 is 0 Å². The van der Waals surface area contributed by atoms with E-state index in [0.29, 0.717) is 5.82 Å². The lowest BCUT2D eigenvalue weighted by Crippen LogP contribution is -2.10. The average Bonchev–Trinajstić information content (AvgIpc) is 2.33. The first-order valence-corrected chi connectivity index (χ1v) is 7.09. The third-order valence-electron chi connectivity index (χ3n) is 2.73. The summed E-state index contributed by atoms with van der Waals surface area (Å²) in [5.74, 6) is 0.656. The summed E-state index contributed by atoms with van der Waals surface area (Å²) in [7, 11) is 0. The second-order valence-electron chi connectivity index (χ2n) is 5.29. The zero-order valence-corrected chi connectivity index (χ0v) is 13.4. The minimum absolute atomic E-state index is 0.150. The first kappa shape index (κ1) is 14.3. The molecule has 1 aromatic carbocycles. The molecule has 2 aromatic rings. The molecule has 1 heterocycles. The van der Waals surface area contributed by atoms with Crippen molar-refractivity contribution in [2.45, 2.75) is 26.2 Å². The van der Waals surface area contributed by atoms with E-state index in [1.165, 1.54) is 5.56 Å². The highest BCUT2D eigenvalue weighted by atomic mass is 79.9. The van der Waals surface area contributed by atoms with Gasteiger partial charge in [0.25, 0.3) is 0 Å². The molecule has 0 bridgehead atoms. The van der Waals surface area contributed by atoms with Crippen LogP contribution in [0.1, 0.15) is 26.3 Å². The number of nitrogens with one attached hydrogen (secondary N) is 1. The fourth-order valence-corrected chi connectivity index (χ4v) is 2.05. The molecule has 0 spiro atoms. The lowest BCUT2D eigenvalue weighted by molar-refractivity contribution is 0.590. The fourth-order valence-electron chi connectivity index (χ4n) is 1.62. The Bertz CT molecular complexity index is 576. The molecular weight excluding hydrogens is 326 g/mol. The van der Waals surface area contributed by atoms with Gasteiger partial charge in [0, 0.05) is 11.9 Å². The summed E-state index contributed by atoms with van der Waals surface area (Å²) in [6.07, 6.45) is 1.63. The lowest BCUT2D eigenvalue weighted by Gasteiger charge is -2.19. The van der Waals surface area contributed by atoms with Crippen molar-refractivity contribution in [2.24, 2.45) is 0 Å². The molecule has 1 aromatic heterocycles. The van der Waals surface area contributed by atoms with Crippen molar-refractivity contribution in [1.29, 1.82) is 0 Å². The molecule has 3 nitrogen and oxygen atoms in total. The van der Waals surface area contributed by atoms with Crippen molar-refractivity contribution in [3.63, 3.8) is 0 Å². The van der Waals surface area contributed by atoms with Crippen LogP contribution in [0, 0.1) is 0 Å². The van der Waals surface area contributed by atoms with Gasteiger partial charge < -0.3 is 5.32 Å². The van der Waals surface area contributed by atoms with Crippen LogP contribution in [0.15, 0.2) is 34.9 Å². The van der Waals surface area contributed by atoms with E-state index in [1.54, 1.807) is 6.20 Å². The Labute approximate surface area is 126 Å². The second-order valence-corrected chi connectivity index (χ2v) is 6.48. The van der Waals surface area contributed by atoms with Gasteiger partial charge in [0.1, 0.15) is 5.82 Å². The van der Waals surface area contributed by atoms with Crippen LogP contribution in [-0.2, 0) is 5.41 Å². The highest BCUT2D eigenvalue weighted by Crippen LogP contribution is 2.27. The number of hydrogen-bond donors (Lipinski definition) is 1. The predicted octanol–water partition coefficient (Wildman–Crippen LogP) is 4.93. The van der Waals surface area contributed by atoms with E-state index in [9.17, 15) is 0 Å². The van der Waals surface area contributed by atoms with Crippen LogP contribution in [0.25, 0.3) is 0 Å². The molecule has 1 N–H and O–H groups in total.